The van der Waals surface area contributed by atoms with Crippen molar-refractivity contribution in [3.05, 3.63) is 51.9 Å². The van der Waals surface area contributed by atoms with Crippen LogP contribution in [0.25, 0.3) is 0 Å². The third-order valence-electron chi connectivity index (χ3n) is 2.80. The molecule has 20 heavy (non-hydrogen) atoms. The number of alkyl halides is 3. The third kappa shape index (κ3) is 3.56. The molecule has 2 aromatic rings. The van der Waals surface area contributed by atoms with Crippen molar-refractivity contribution < 1.29 is 17.6 Å². The summed E-state index contributed by atoms with van der Waals surface area (Å²) in [5.41, 5.74) is -0.300. The molecule has 0 unspecified atom stereocenters. The summed E-state index contributed by atoms with van der Waals surface area (Å²) in [7, 11) is 0. The van der Waals surface area contributed by atoms with Crippen molar-refractivity contribution in [3.8, 4) is 0 Å². The smallest absolute Gasteiger partial charge is 0.417 e. The first-order chi connectivity index (χ1) is 9.40. The zero-order chi connectivity index (χ0) is 14.8. The summed E-state index contributed by atoms with van der Waals surface area (Å²) >= 11 is 2.91. The Kier molecular flexibility index (Phi) is 4.42. The fraction of sp³-hybridized carbons (Fsp3) is 0.286. The lowest BCUT2D eigenvalue weighted by atomic mass is 10.2. The van der Waals surface area contributed by atoms with Crippen LogP contribution in [0.3, 0.4) is 0 Å². The summed E-state index contributed by atoms with van der Waals surface area (Å²) < 4.78 is 43.8. The summed E-state index contributed by atoms with van der Waals surface area (Å²) in [6.07, 6.45) is -3.59. The zero-order valence-electron chi connectivity index (χ0n) is 10.7. The first-order valence-corrected chi connectivity index (χ1v) is 6.87. The molecule has 0 atom stereocenters. The van der Waals surface area contributed by atoms with Crippen LogP contribution >= 0.6 is 15.9 Å². The Morgan fingerprint density at radius 2 is 1.85 bits per heavy atom. The minimum atomic E-state index is -4.38. The Morgan fingerprint density at radius 3 is 2.45 bits per heavy atom. The molecule has 0 fully saturated rings. The van der Waals surface area contributed by atoms with Crippen molar-refractivity contribution in [1.82, 2.24) is 0 Å². The lowest BCUT2D eigenvalue weighted by Crippen LogP contribution is -2.07. The van der Waals surface area contributed by atoms with Gasteiger partial charge in [-0.3, -0.25) is 0 Å². The normalized spacial score (nSPS) is 11.7. The SMILES string of the molecule is CCc1ccc(CNc2ccc(Br)c(C(F)(F)F)c2)o1. The van der Waals surface area contributed by atoms with E-state index in [1.54, 1.807) is 6.07 Å². The van der Waals surface area contributed by atoms with Crippen LogP contribution in [-0.2, 0) is 19.1 Å². The average molecular weight is 348 g/mol. The number of benzene rings is 1. The minimum absolute atomic E-state index is 0.0295. The lowest BCUT2D eigenvalue weighted by molar-refractivity contribution is -0.138. The quantitative estimate of drug-likeness (QED) is 0.818. The number of aryl methyl sites for hydroxylation is 1. The fourth-order valence-corrected chi connectivity index (χ4v) is 2.22. The summed E-state index contributed by atoms with van der Waals surface area (Å²) in [5.74, 6) is 1.55. The maximum Gasteiger partial charge on any atom is 0.417 e. The van der Waals surface area contributed by atoms with Crippen molar-refractivity contribution in [2.45, 2.75) is 26.1 Å². The maximum atomic E-state index is 12.8. The molecule has 2 nitrogen and oxygen atoms in total. The first-order valence-electron chi connectivity index (χ1n) is 6.08. The third-order valence-corrected chi connectivity index (χ3v) is 3.50. The molecule has 0 bridgehead atoms. The second kappa shape index (κ2) is 5.91. The number of hydrogen-bond donors (Lipinski definition) is 1. The van der Waals surface area contributed by atoms with Gasteiger partial charge in [-0.05, 0) is 30.3 Å². The van der Waals surface area contributed by atoms with Gasteiger partial charge in [0, 0.05) is 16.6 Å². The zero-order valence-corrected chi connectivity index (χ0v) is 12.3. The number of furan rings is 1. The van der Waals surface area contributed by atoms with E-state index in [2.05, 4.69) is 21.2 Å². The van der Waals surface area contributed by atoms with Gasteiger partial charge in [0.15, 0.2) is 0 Å². The highest BCUT2D eigenvalue weighted by Gasteiger charge is 2.33. The molecular formula is C14H13BrF3NO. The Hall–Kier alpha value is -1.43. The number of nitrogens with one attached hydrogen (secondary N) is 1. The van der Waals surface area contributed by atoms with Gasteiger partial charge in [0.05, 0.1) is 12.1 Å². The minimum Gasteiger partial charge on any atom is -0.464 e. The van der Waals surface area contributed by atoms with Crippen LogP contribution in [-0.4, -0.2) is 0 Å². The van der Waals surface area contributed by atoms with Gasteiger partial charge in [-0.15, -0.1) is 0 Å². The number of halogens is 4. The maximum absolute atomic E-state index is 12.8. The average Bonchev–Trinajstić information content (AvgIpc) is 2.84. The predicted molar refractivity (Wildman–Crippen MR) is 74.6 cm³/mol. The second-order valence-corrected chi connectivity index (χ2v) is 5.12. The fourth-order valence-electron chi connectivity index (χ4n) is 1.75. The van der Waals surface area contributed by atoms with Gasteiger partial charge < -0.3 is 9.73 Å². The predicted octanol–water partition coefficient (Wildman–Crippen LogP) is 5.24. The van der Waals surface area contributed by atoms with Crippen LogP contribution in [0.4, 0.5) is 18.9 Å². The van der Waals surface area contributed by atoms with E-state index in [0.29, 0.717) is 18.0 Å². The van der Waals surface area contributed by atoms with Crippen molar-refractivity contribution >= 4 is 21.6 Å². The molecule has 0 radical (unpaired) electrons. The Labute approximate surface area is 123 Å². The van der Waals surface area contributed by atoms with Crippen LogP contribution in [0.15, 0.2) is 39.2 Å². The molecule has 1 aromatic heterocycles. The molecule has 0 saturated carbocycles. The van der Waals surface area contributed by atoms with Gasteiger partial charge in [0.1, 0.15) is 11.5 Å². The molecule has 0 aliphatic heterocycles. The first kappa shape index (κ1) is 15.0. The van der Waals surface area contributed by atoms with Crippen molar-refractivity contribution in [3.63, 3.8) is 0 Å². The molecule has 0 aliphatic rings. The molecule has 0 amide bonds. The van der Waals surface area contributed by atoms with Gasteiger partial charge in [-0.1, -0.05) is 22.9 Å². The number of hydrogen-bond acceptors (Lipinski definition) is 2. The van der Waals surface area contributed by atoms with Gasteiger partial charge in [-0.25, -0.2) is 0 Å². The highest BCUT2D eigenvalue weighted by atomic mass is 79.9. The molecule has 0 aliphatic carbocycles. The largest absolute Gasteiger partial charge is 0.464 e. The van der Waals surface area contributed by atoms with Gasteiger partial charge >= 0.3 is 6.18 Å². The van der Waals surface area contributed by atoms with Crippen molar-refractivity contribution in [2.75, 3.05) is 5.32 Å². The molecule has 1 aromatic carbocycles. The van der Waals surface area contributed by atoms with Crippen molar-refractivity contribution in [2.24, 2.45) is 0 Å². The standard InChI is InChI=1S/C14H13BrF3NO/c1-2-10-4-5-11(20-10)8-19-9-3-6-13(15)12(7-9)14(16,17)18/h3-7,19H,2,8H2,1H3. The van der Waals surface area contributed by atoms with E-state index < -0.39 is 11.7 Å². The number of anilines is 1. The monoisotopic (exact) mass is 347 g/mol. The molecule has 1 N–H and O–H groups in total. The van der Waals surface area contributed by atoms with E-state index in [1.165, 1.54) is 6.07 Å². The van der Waals surface area contributed by atoms with E-state index in [9.17, 15) is 13.2 Å². The highest BCUT2D eigenvalue weighted by molar-refractivity contribution is 9.10. The van der Waals surface area contributed by atoms with Crippen LogP contribution in [0, 0.1) is 0 Å². The highest BCUT2D eigenvalue weighted by Crippen LogP contribution is 2.36. The molecule has 0 spiro atoms. The Bertz CT molecular complexity index is 592. The lowest BCUT2D eigenvalue weighted by Gasteiger charge is -2.12. The number of rotatable bonds is 4. The molecule has 6 heteroatoms. The summed E-state index contributed by atoms with van der Waals surface area (Å²) in [5, 5.41) is 2.92. The molecule has 108 valence electrons. The molecule has 2 rings (SSSR count). The van der Waals surface area contributed by atoms with E-state index >= 15 is 0 Å². The van der Waals surface area contributed by atoms with E-state index in [0.717, 1.165) is 18.2 Å². The van der Waals surface area contributed by atoms with Crippen LogP contribution in [0.5, 0.6) is 0 Å². The van der Waals surface area contributed by atoms with Crippen LogP contribution < -0.4 is 5.32 Å². The molecule has 1 heterocycles. The second-order valence-electron chi connectivity index (χ2n) is 4.27. The Morgan fingerprint density at radius 1 is 1.15 bits per heavy atom. The summed E-state index contributed by atoms with van der Waals surface area (Å²) in [6, 6.07) is 7.72. The van der Waals surface area contributed by atoms with Gasteiger partial charge in [0.25, 0.3) is 0 Å². The van der Waals surface area contributed by atoms with E-state index in [4.69, 9.17) is 4.42 Å². The summed E-state index contributed by atoms with van der Waals surface area (Å²) in [4.78, 5) is 0. The topological polar surface area (TPSA) is 25.2 Å². The van der Waals surface area contributed by atoms with E-state index in [1.807, 2.05) is 19.1 Å². The van der Waals surface area contributed by atoms with Gasteiger partial charge in [-0.2, -0.15) is 13.2 Å². The molecular weight excluding hydrogens is 335 g/mol. The van der Waals surface area contributed by atoms with E-state index in [-0.39, 0.29) is 4.47 Å². The summed E-state index contributed by atoms with van der Waals surface area (Å²) in [6.45, 7) is 2.32. The van der Waals surface area contributed by atoms with Crippen LogP contribution in [0.2, 0.25) is 0 Å². The molecule has 0 saturated heterocycles. The Balaban J connectivity index is 2.10. The van der Waals surface area contributed by atoms with Crippen LogP contribution in [0.1, 0.15) is 24.0 Å². The van der Waals surface area contributed by atoms with Crippen molar-refractivity contribution in [1.29, 1.82) is 0 Å². The van der Waals surface area contributed by atoms with Gasteiger partial charge in [0.2, 0.25) is 0 Å².